The lowest BCUT2D eigenvalue weighted by Gasteiger charge is -2.08. The highest BCUT2D eigenvalue weighted by molar-refractivity contribution is 7.92. The van der Waals surface area contributed by atoms with E-state index >= 15 is 0 Å². The lowest BCUT2D eigenvalue weighted by atomic mass is 10.2. The number of methoxy groups -OCH3 is 1. The molecule has 1 heterocycles. The number of aromatic nitrogens is 2. The molecule has 118 valence electrons. The van der Waals surface area contributed by atoms with Crippen LogP contribution in [0.25, 0.3) is 0 Å². The number of hydrogen-bond donors (Lipinski definition) is 1. The number of ether oxygens (including phenoxy) is 2. The fraction of sp³-hybridized carbons (Fsp3) is 0.231. The van der Waals surface area contributed by atoms with Crippen molar-refractivity contribution < 1.29 is 22.3 Å². The van der Waals surface area contributed by atoms with Crippen LogP contribution in [-0.4, -0.2) is 31.8 Å². The normalized spacial score (nSPS) is 11.0. The maximum atomic E-state index is 13.4. The monoisotopic (exact) mass is 327 g/mol. The van der Waals surface area contributed by atoms with Gasteiger partial charge in [-0.15, -0.1) is 0 Å². The van der Waals surface area contributed by atoms with Crippen LogP contribution in [0.2, 0.25) is 0 Å². The molecule has 7 nitrogen and oxygen atoms in total. The van der Waals surface area contributed by atoms with E-state index in [1.165, 1.54) is 0 Å². The third-order valence-electron chi connectivity index (χ3n) is 2.51. The van der Waals surface area contributed by atoms with Crippen LogP contribution in [0.1, 0.15) is 5.56 Å². The highest BCUT2D eigenvalue weighted by Crippen LogP contribution is 2.17. The summed E-state index contributed by atoms with van der Waals surface area (Å²) in [7, 11) is -2.10. The molecule has 1 N–H and O–H groups in total. The molecule has 9 heteroatoms. The predicted octanol–water partition coefficient (Wildman–Crippen LogP) is 1.57. The summed E-state index contributed by atoms with van der Waals surface area (Å²) in [5.41, 5.74) is 0.796. The molecule has 0 atom stereocenters. The van der Waals surface area contributed by atoms with Crippen LogP contribution < -0.4 is 14.2 Å². The minimum atomic E-state index is -3.64. The van der Waals surface area contributed by atoms with Crippen molar-refractivity contribution in [3.63, 3.8) is 0 Å². The van der Waals surface area contributed by atoms with Crippen LogP contribution in [0.5, 0.6) is 11.8 Å². The van der Waals surface area contributed by atoms with E-state index in [-0.39, 0.29) is 12.6 Å². The zero-order valence-electron chi connectivity index (χ0n) is 11.9. The molecule has 0 fully saturated rings. The van der Waals surface area contributed by atoms with Crippen LogP contribution in [0.15, 0.2) is 30.5 Å². The minimum absolute atomic E-state index is 0.126. The molecular weight excluding hydrogens is 313 g/mol. The average Bonchev–Trinajstić information content (AvgIpc) is 2.47. The van der Waals surface area contributed by atoms with E-state index in [4.69, 9.17) is 9.47 Å². The van der Waals surface area contributed by atoms with Gasteiger partial charge in [-0.25, -0.2) is 17.8 Å². The van der Waals surface area contributed by atoms with Crippen molar-refractivity contribution in [2.24, 2.45) is 0 Å². The van der Waals surface area contributed by atoms with Gasteiger partial charge in [0.15, 0.2) is 11.6 Å². The van der Waals surface area contributed by atoms with Gasteiger partial charge in [0, 0.05) is 0 Å². The molecule has 2 rings (SSSR count). The Balaban J connectivity index is 2.11. The Morgan fingerprint density at radius 3 is 2.82 bits per heavy atom. The fourth-order valence-electron chi connectivity index (χ4n) is 1.58. The molecule has 0 radical (unpaired) electrons. The summed E-state index contributed by atoms with van der Waals surface area (Å²) in [6.07, 6.45) is 1.73. The van der Waals surface area contributed by atoms with Gasteiger partial charge in [0.1, 0.15) is 12.4 Å². The summed E-state index contributed by atoms with van der Waals surface area (Å²) in [5, 5.41) is 0. The first kappa shape index (κ1) is 16.0. The van der Waals surface area contributed by atoms with Gasteiger partial charge in [0.25, 0.3) is 0 Å². The summed E-state index contributed by atoms with van der Waals surface area (Å²) in [6, 6.07) is 7.00. The molecule has 0 saturated carbocycles. The maximum absolute atomic E-state index is 13.4. The van der Waals surface area contributed by atoms with Crippen molar-refractivity contribution >= 4 is 15.8 Å². The Hall–Kier alpha value is -2.42. The minimum Gasteiger partial charge on any atom is -0.497 e. The van der Waals surface area contributed by atoms with Crippen molar-refractivity contribution in [3.05, 3.63) is 41.8 Å². The standard InChI is InChI=1S/C13H14FN3O4S/c1-20-10-5-3-4-9(6-10)8-21-13-15-7-11(14)12(16-13)17-22(2,18)19/h3-7H,8H2,1-2H3,(H,15,16,17). The molecule has 1 aromatic heterocycles. The highest BCUT2D eigenvalue weighted by atomic mass is 32.2. The van der Waals surface area contributed by atoms with Crippen LogP contribution in [0, 0.1) is 5.82 Å². The lowest BCUT2D eigenvalue weighted by molar-refractivity contribution is 0.279. The molecule has 0 aliphatic heterocycles. The average molecular weight is 327 g/mol. The van der Waals surface area contributed by atoms with Gasteiger partial charge in [-0.2, -0.15) is 4.98 Å². The molecule has 0 aliphatic rings. The van der Waals surface area contributed by atoms with Crippen molar-refractivity contribution in [3.8, 4) is 11.8 Å². The number of anilines is 1. The first-order chi connectivity index (χ1) is 10.4. The Kier molecular flexibility index (Phi) is 4.76. The van der Waals surface area contributed by atoms with E-state index in [0.717, 1.165) is 18.0 Å². The van der Waals surface area contributed by atoms with Crippen molar-refractivity contribution in [2.75, 3.05) is 18.1 Å². The van der Waals surface area contributed by atoms with Gasteiger partial charge >= 0.3 is 6.01 Å². The second-order valence-corrected chi connectivity index (χ2v) is 6.11. The first-order valence-electron chi connectivity index (χ1n) is 6.13. The van der Waals surface area contributed by atoms with Crippen LogP contribution in [0.4, 0.5) is 10.2 Å². The van der Waals surface area contributed by atoms with Gasteiger partial charge < -0.3 is 9.47 Å². The van der Waals surface area contributed by atoms with Gasteiger partial charge in [0.2, 0.25) is 10.0 Å². The van der Waals surface area contributed by atoms with E-state index in [1.54, 1.807) is 25.3 Å². The highest BCUT2D eigenvalue weighted by Gasteiger charge is 2.12. The number of halogens is 1. The van der Waals surface area contributed by atoms with E-state index in [9.17, 15) is 12.8 Å². The largest absolute Gasteiger partial charge is 0.497 e. The molecular formula is C13H14FN3O4S. The third-order valence-corrected chi connectivity index (χ3v) is 3.07. The second-order valence-electron chi connectivity index (χ2n) is 4.36. The number of benzene rings is 1. The molecule has 0 unspecified atom stereocenters. The van der Waals surface area contributed by atoms with Gasteiger partial charge in [-0.1, -0.05) is 12.1 Å². The second kappa shape index (κ2) is 6.56. The number of sulfonamides is 1. The Morgan fingerprint density at radius 1 is 1.36 bits per heavy atom. The third kappa shape index (κ3) is 4.55. The van der Waals surface area contributed by atoms with Crippen molar-refractivity contribution in [1.29, 1.82) is 0 Å². The fourth-order valence-corrected chi connectivity index (χ4v) is 2.07. The molecule has 0 aliphatic carbocycles. The summed E-state index contributed by atoms with van der Waals surface area (Å²) in [5.74, 6) is -0.683. The molecule has 0 amide bonds. The molecule has 0 saturated heterocycles. The molecule has 22 heavy (non-hydrogen) atoms. The summed E-state index contributed by atoms with van der Waals surface area (Å²) in [6.45, 7) is 0.126. The Labute approximate surface area is 127 Å². The molecule has 0 spiro atoms. The van der Waals surface area contributed by atoms with Crippen LogP contribution in [0.3, 0.4) is 0 Å². The zero-order chi connectivity index (χ0) is 16.2. The zero-order valence-corrected chi connectivity index (χ0v) is 12.7. The first-order valence-corrected chi connectivity index (χ1v) is 8.02. The smallest absolute Gasteiger partial charge is 0.318 e. The van der Waals surface area contributed by atoms with E-state index in [2.05, 4.69) is 9.97 Å². The maximum Gasteiger partial charge on any atom is 0.318 e. The number of nitrogens with zero attached hydrogens (tertiary/aromatic N) is 2. The number of nitrogens with one attached hydrogen (secondary N) is 1. The summed E-state index contributed by atoms with van der Waals surface area (Å²) < 4.78 is 48.0. The van der Waals surface area contributed by atoms with E-state index in [0.29, 0.717) is 5.75 Å². The SMILES string of the molecule is COc1cccc(COc2ncc(F)c(NS(C)(=O)=O)n2)c1. The van der Waals surface area contributed by atoms with E-state index < -0.39 is 21.7 Å². The summed E-state index contributed by atoms with van der Waals surface area (Å²) in [4.78, 5) is 7.34. The van der Waals surface area contributed by atoms with Gasteiger partial charge in [-0.05, 0) is 17.7 Å². The van der Waals surface area contributed by atoms with E-state index in [1.807, 2.05) is 10.8 Å². The Bertz CT molecular complexity index is 768. The van der Waals surface area contributed by atoms with Gasteiger partial charge in [0.05, 0.1) is 19.6 Å². The lowest BCUT2D eigenvalue weighted by Crippen LogP contribution is -2.13. The quantitative estimate of drug-likeness (QED) is 0.866. The van der Waals surface area contributed by atoms with Gasteiger partial charge in [-0.3, -0.25) is 4.72 Å². The predicted molar refractivity (Wildman–Crippen MR) is 77.8 cm³/mol. The van der Waals surface area contributed by atoms with Crippen molar-refractivity contribution in [2.45, 2.75) is 6.61 Å². The van der Waals surface area contributed by atoms with Crippen molar-refractivity contribution in [1.82, 2.24) is 9.97 Å². The molecule has 2 aromatic rings. The summed E-state index contributed by atoms with van der Waals surface area (Å²) >= 11 is 0. The molecule has 1 aromatic carbocycles. The molecule has 0 bridgehead atoms. The number of hydrogen-bond acceptors (Lipinski definition) is 6. The topological polar surface area (TPSA) is 90.4 Å². The van der Waals surface area contributed by atoms with Crippen LogP contribution in [-0.2, 0) is 16.6 Å². The number of rotatable bonds is 6. The van der Waals surface area contributed by atoms with Crippen LogP contribution >= 0.6 is 0 Å². The Morgan fingerprint density at radius 2 is 2.14 bits per heavy atom.